The van der Waals surface area contributed by atoms with Crippen molar-refractivity contribution in [2.75, 3.05) is 0 Å². The van der Waals surface area contributed by atoms with Crippen LogP contribution in [0.4, 0.5) is 0 Å². The topological polar surface area (TPSA) is 54.4 Å². The Hall–Kier alpha value is -1.12. The number of hydrogen-bond acceptors (Lipinski definition) is 2. The summed E-state index contributed by atoms with van der Waals surface area (Å²) in [5.41, 5.74) is -0.465. The van der Waals surface area contributed by atoms with Gasteiger partial charge in [0.2, 0.25) is 0 Å². The normalized spacial score (nSPS) is 42.9. The van der Waals surface area contributed by atoms with Gasteiger partial charge in [-0.15, -0.1) is 0 Å². The molecule has 2 fully saturated rings. The molecule has 4 atom stereocenters. The molecule has 3 nitrogen and oxygen atoms in total. The number of aliphatic carboxylic acids is 1. The molecule has 2 saturated carbocycles. The summed E-state index contributed by atoms with van der Waals surface area (Å²) in [5, 5.41) is 9.08. The zero-order chi connectivity index (χ0) is 11.2. The van der Waals surface area contributed by atoms with E-state index in [1.165, 1.54) is 6.08 Å². The second-order valence-electron chi connectivity index (χ2n) is 5.08. The third-order valence-electron chi connectivity index (χ3n) is 4.26. The van der Waals surface area contributed by atoms with Crippen LogP contribution in [0, 0.1) is 23.2 Å². The molecular formula is C12H16O3. The Morgan fingerprint density at radius 3 is 2.60 bits per heavy atom. The largest absolute Gasteiger partial charge is 0.481 e. The number of carboxylic acid groups (broad SMARTS) is 1. The van der Waals surface area contributed by atoms with Gasteiger partial charge >= 0.3 is 5.97 Å². The van der Waals surface area contributed by atoms with Crippen molar-refractivity contribution in [3.05, 3.63) is 12.7 Å². The summed E-state index contributed by atoms with van der Waals surface area (Å²) >= 11 is 0. The minimum atomic E-state index is -0.745. The van der Waals surface area contributed by atoms with E-state index in [4.69, 9.17) is 5.11 Å². The Morgan fingerprint density at radius 1 is 1.47 bits per heavy atom. The SMILES string of the molecule is C=CC(=O)C1(C)CC2CC(C(=O)O)C1C2. The Morgan fingerprint density at radius 2 is 2.13 bits per heavy atom. The van der Waals surface area contributed by atoms with Crippen LogP contribution in [-0.2, 0) is 9.59 Å². The first-order valence-corrected chi connectivity index (χ1v) is 5.38. The molecule has 1 N–H and O–H groups in total. The molecule has 0 amide bonds. The smallest absolute Gasteiger partial charge is 0.306 e. The minimum absolute atomic E-state index is 0.0148. The van der Waals surface area contributed by atoms with Crippen LogP contribution in [0.25, 0.3) is 0 Å². The summed E-state index contributed by atoms with van der Waals surface area (Å²) in [5.74, 6) is -0.612. The number of carbonyl (C=O) groups is 2. The third kappa shape index (κ3) is 1.33. The first kappa shape index (κ1) is 10.4. The molecule has 15 heavy (non-hydrogen) atoms. The maximum atomic E-state index is 11.8. The average Bonchev–Trinajstić information content (AvgIpc) is 2.73. The van der Waals surface area contributed by atoms with Crippen LogP contribution in [0.1, 0.15) is 26.2 Å². The zero-order valence-electron chi connectivity index (χ0n) is 8.90. The van der Waals surface area contributed by atoms with Crippen molar-refractivity contribution in [1.29, 1.82) is 0 Å². The number of rotatable bonds is 3. The van der Waals surface area contributed by atoms with Crippen LogP contribution in [0.2, 0.25) is 0 Å². The molecule has 0 spiro atoms. The Balaban J connectivity index is 2.28. The van der Waals surface area contributed by atoms with Gasteiger partial charge in [0.25, 0.3) is 0 Å². The summed E-state index contributed by atoms with van der Waals surface area (Å²) < 4.78 is 0. The van der Waals surface area contributed by atoms with Crippen molar-refractivity contribution in [1.82, 2.24) is 0 Å². The predicted octanol–water partition coefficient (Wildman–Crippen LogP) is 1.88. The molecule has 4 unspecified atom stereocenters. The monoisotopic (exact) mass is 208 g/mol. The highest BCUT2D eigenvalue weighted by atomic mass is 16.4. The van der Waals surface area contributed by atoms with E-state index in [-0.39, 0.29) is 17.6 Å². The van der Waals surface area contributed by atoms with Crippen molar-refractivity contribution in [2.45, 2.75) is 26.2 Å². The molecule has 0 aromatic carbocycles. The molecular weight excluding hydrogens is 192 g/mol. The van der Waals surface area contributed by atoms with E-state index in [0.717, 1.165) is 19.3 Å². The van der Waals surface area contributed by atoms with Crippen molar-refractivity contribution >= 4 is 11.8 Å². The van der Waals surface area contributed by atoms with Crippen LogP contribution in [-0.4, -0.2) is 16.9 Å². The second kappa shape index (κ2) is 3.19. The highest BCUT2D eigenvalue weighted by Crippen LogP contribution is 2.59. The van der Waals surface area contributed by atoms with Gasteiger partial charge in [0.05, 0.1) is 5.92 Å². The lowest BCUT2D eigenvalue weighted by Gasteiger charge is -2.34. The molecule has 0 heterocycles. The number of allylic oxidation sites excluding steroid dienone is 1. The quantitative estimate of drug-likeness (QED) is 0.720. The number of hydrogen-bond donors (Lipinski definition) is 1. The molecule has 3 heteroatoms. The fraction of sp³-hybridized carbons (Fsp3) is 0.667. The first-order chi connectivity index (χ1) is 6.99. The van der Waals surface area contributed by atoms with E-state index in [2.05, 4.69) is 6.58 Å². The fourth-order valence-corrected chi connectivity index (χ4v) is 3.55. The summed E-state index contributed by atoms with van der Waals surface area (Å²) in [6, 6.07) is 0. The fourth-order valence-electron chi connectivity index (χ4n) is 3.55. The molecule has 0 saturated heterocycles. The molecule has 2 rings (SSSR count). The summed E-state index contributed by atoms with van der Waals surface area (Å²) in [6.45, 7) is 5.41. The first-order valence-electron chi connectivity index (χ1n) is 5.38. The molecule has 0 radical (unpaired) electrons. The number of fused-ring (bicyclic) bond motifs is 2. The lowest BCUT2D eigenvalue weighted by molar-refractivity contribution is -0.146. The Bertz CT molecular complexity index is 334. The van der Waals surface area contributed by atoms with Crippen LogP contribution >= 0.6 is 0 Å². The maximum Gasteiger partial charge on any atom is 0.306 e. The standard InChI is InChI=1S/C12H16O3/c1-3-10(13)12(2)6-7-4-8(11(14)15)9(12)5-7/h3,7-9H,1,4-6H2,2H3,(H,14,15). The number of carboxylic acids is 1. The summed E-state index contributed by atoms with van der Waals surface area (Å²) in [4.78, 5) is 22.8. The van der Waals surface area contributed by atoms with Crippen molar-refractivity contribution in [2.24, 2.45) is 23.2 Å². The summed E-state index contributed by atoms with van der Waals surface area (Å²) in [6.07, 6.45) is 3.83. The van der Waals surface area contributed by atoms with Gasteiger partial charge in [-0.25, -0.2) is 0 Å². The lowest BCUT2D eigenvalue weighted by atomic mass is 9.67. The van der Waals surface area contributed by atoms with E-state index in [1.807, 2.05) is 6.92 Å². The maximum absolute atomic E-state index is 11.8. The van der Waals surface area contributed by atoms with Gasteiger partial charge in [0.15, 0.2) is 5.78 Å². The highest BCUT2D eigenvalue weighted by molar-refractivity contribution is 5.95. The van der Waals surface area contributed by atoms with Crippen LogP contribution in [0.15, 0.2) is 12.7 Å². The second-order valence-corrected chi connectivity index (χ2v) is 5.08. The molecule has 0 aromatic rings. The molecule has 0 aromatic heterocycles. The average molecular weight is 208 g/mol. The summed E-state index contributed by atoms with van der Waals surface area (Å²) in [7, 11) is 0. The molecule has 2 aliphatic rings. The van der Waals surface area contributed by atoms with Gasteiger partial charge < -0.3 is 5.11 Å². The Labute approximate surface area is 89.2 Å². The van der Waals surface area contributed by atoms with E-state index < -0.39 is 11.4 Å². The molecule has 2 bridgehead atoms. The van der Waals surface area contributed by atoms with Gasteiger partial charge in [-0.3, -0.25) is 9.59 Å². The van der Waals surface area contributed by atoms with Crippen molar-refractivity contribution in [3.63, 3.8) is 0 Å². The van der Waals surface area contributed by atoms with E-state index in [0.29, 0.717) is 5.92 Å². The van der Waals surface area contributed by atoms with Gasteiger partial charge in [-0.05, 0) is 37.2 Å². The van der Waals surface area contributed by atoms with Gasteiger partial charge in [-0.1, -0.05) is 13.5 Å². The molecule has 82 valence electrons. The Kier molecular flexibility index (Phi) is 2.21. The zero-order valence-corrected chi connectivity index (χ0v) is 8.90. The molecule has 0 aliphatic heterocycles. The van der Waals surface area contributed by atoms with E-state index in [1.54, 1.807) is 0 Å². The van der Waals surface area contributed by atoms with E-state index in [9.17, 15) is 9.59 Å². The van der Waals surface area contributed by atoms with E-state index >= 15 is 0 Å². The molecule has 2 aliphatic carbocycles. The third-order valence-corrected chi connectivity index (χ3v) is 4.26. The van der Waals surface area contributed by atoms with Crippen molar-refractivity contribution in [3.8, 4) is 0 Å². The van der Waals surface area contributed by atoms with Crippen LogP contribution in [0.3, 0.4) is 0 Å². The van der Waals surface area contributed by atoms with Gasteiger partial charge in [0.1, 0.15) is 0 Å². The van der Waals surface area contributed by atoms with Gasteiger partial charge in [-0.2, -0.15) is 0 Å². The van der Waals surface area contributed by atoms with Crippen LogP contribution < -0.4 is 0 Å². The van der Waals surface area contributed by atoms with Gasteiger partial charge in [0, 0.05) is 5.41 Å². The van der Waals surface area contributed by atoms with Crippen molar-refractivity contribution < 1.29 is 14.7 Å². The van der Waals surface area contributed by atoms with Crippen LogP contribution in [0.5, 0.6) is 0 Å². The minimum Gasteiger partial charge on any atom is -0.481 e. The number of carbonyl (C=O) groups excluding carboxylic acids is 1. The lowest BCUT2D eigenvalue weighted by Crippen LogP contribution is -2.39. The predicted molar refractivity (Wildman–Crippen MR) is 55.3 cm³/mol. The number of ketones is 1. The highest BCUT2D eigenvalue weighted by Gasteiger charge is 2.57.